The first kappa shape index (κ1) is 14.4. The van der Waals surface area contributed by atoms with Crippen molar-refractivity contribution in [1.82, 2.24) is 0 Å². The third-order valence-electron chi connectivity index (χ3n) is 2.96. The van der Waals surface area contributed by atoms with Crippen LogP contribution in [0.5, 0.6) is 0 Å². The van der Waals surface area contributed by atoms with Gasteiger partial charge in [-0.2, -0.15) is 0 Å². The van der Waals surface area contributed by atoms with E-state index in [2.05, 4.69) is 20.8 Å². The van der Waals surface area contributed by atoms with Crippen LogP contribution in [0.1, 0.15) is 50.0 Å². The van der Waals surface area contributed by atoms with Crippen LogP contribution in [0.3, 0.4) is 0 Å². The Labute approximate surface area is 108 Å². The van der Waals surface area contributed by atoms with Crippen molar-refractivity contribution < 1.29 is 14.7 Å². The summed E-state index contributed by atoms with van der Waals surface area (Å²) in [6, 6.07) is 7.42. The van der Waals surface area contributed by atoms with Crippen molar-refractivity contribution in [3.05, 3.63) is 35.4 Å². The molecule has 0 bridgehead atoms. The molecule has 0 spiro atoms. The lowest BCUT2D eigenvalue weighted by atomic mass is 9.86. The Bertz CT molecular complexity index is 438. The smallest absolute Gasteiger partial charge is 0.304 e. The van der Waals surface area contributed by atoms with E-state index >= 15 is 0 Å². The molecule has 1 N–H and O–H groups in total. The van der Waals surface area contributed by atoms with Crippen molar-refractivity contribution in [1.29, 1.82) is 0 Å². The van der Waals surface area contributed by atoms with Gasteiger partial charge in [-0.3, -0.25) is 9.59 Å². The Balaban J connectivity index is 2.85. The first-order chi connectivity index (χ1) is 8.21. The minimum absolute atomic E-state index is 0.0499. The minimum Gasteiger partial charge on any atom is -0.481 e. The van der Waals surface area contributed by atoms with Gasteiger partial charge in [-0.05, 0) is 11.0 Å². The summed E-state index contributed by atoms with van der Waals surface area (Å²) in [5, 5.41) is 8.68. The van der Waals surface area contributed by atoms with Crippen molar-refractivity contribution in [3.63, 3.8) is 0 Å². The second-order valence-corrected chi connectivity index (χ2v) is 5.69. The molecule has 18 heavy (non-hydrogen) atoms. The number of carbonyl (C=O) groups is 2. The highest BCUT2D eigenvalue weighted by Crippen LogP contribution is 2.23. The molecule has 1 atom stereocenters. The molecule has 0 saturated carbocycles. The molecule has 0 heterocycles. The summed E-state index contributed by atoms with van der Waals surface area (Å²) in [7, 11) is 0. The highest BCUT2D eigenvalue weighted by atomic mass is 16.4. The molecule has 1 rings (SSSR count). The van der Waals surface area contributed by atoms with Gasteiger partial charge in [0.05, 0.1) is 6.42 Å². The number of hydrogen-bond acceptors (Lipinski definition) is 2. The van der Waals surface area contributed by atoms with E-state index in [1.807, 2.05) is 12.1 Å². The molecular formula is C15H20O3. The monoisotopic (exact) mass is 248 g/mol. The largest absolute Gasteiger partial charge is 0.481 e. The van der Waals surface area contributed by atoms with E-state index in [0.717, 1.165) is 5.56 Å². The van der Waals surface area contributed by atoms with Crippen LogP contribution >= 0.6 is 0 Å². The van der Waals surface area contributed by atoms with Crippen LogP contribution < -0.4 is 0 Å². The molecule has 3 heteroatoms. The highest BCUT2D eigenvalue weighted by Gasteiger charge is 2.19. The fourth-order valence-electron chi connectivity index (χ4n) is 1.77. The second-order valence-electron chi connectivity index (χ2n) is 5.69. The van der Waals surface area contributed by atoms with E-state index in [1.165, 1.54) is 0 Å². The summed E-state index contributed by atoms with van der Waals surface area (Å²) in [4.78, 5) is 22.6. The Morgan fingerprint density at radius 2 is 1.67 bits per heavy atom. The quantitative estimate of drug-likeness (QED) is 0.832. The van der Waals surface area contributed by atoms with E-state index < -0.39 is 11.9 Å². The van der Waals surface area contributed by atoms with Crippen LogP contribution in [0.25, 0.3) is 0 Å². The van der Waals surface area contributed by atoms with Gasteiger partial charge in [0.15, 0.2) is 5.78 Å². The van der Waals surface area contributed by atoms with Crippen LogP contribution in [-0.2, 0) is 10.2 Å². The molecule has 0 aromatic heterocycles. The fraction of sp³-hybridized carbons (Fsp3) is 0.467. The molecule has 98 valence electrons. The highest BCUT2D eigenvalue weighted by molar-refractivity contribution is 5.99. The zero-order valence-corrected chi connectivity index (χ0v) is 11.4. The van der Waals surface area contributed by atoms with Crippen molar-refractivity contribution in [2.24, 2.45) is 5.92 Å². The fourth-order valence-corrected chi connectivity index (χ4v) is 1.77. The maximum absolute atomic E-state index is 12.0. The standard InChI is InChI=1S/C15H20O3/c1-10(9-13(16)17)14(18)11-5-7-12(8-6-11)15(2,3)4/h5-8,10H,9H2,1-4H3,(H,16,17). The van der Waals surface area contributed by atoms with Crippen LogP contribution in [-0.4, -0.2) is 16.9 Å². The van der Waals surface area contributed by atoms with E-state index in [-0.39, 0.29) is 17.6 Å². The second kappa shape index (κ2) is 5.34. The van der Waals surface area contributed by atoms with Crippen molar-refractivity contribution in [3.8, 4) is 0 Å². The molecule has 0 fully saturated rings. The molecule has 0 saturated heterocycles. The zero-order chi connectivity index (χ0) is 13.9. The normalized spacial score (nSPS) is 13.1. The first-order valence-electron chi connectivity index (χ1n) is 6.08. The molecule has 1 aromatic carbocycles. The number of Topliss-reactive ketones (excluding diaryl/α,β-unsaturated/α-hetero) is 1. The molecular weight excluding hydrogens is 228 g/mol. The summed E-state index contributed by atoms with van der Waals surface area (Å²) in [6.45, 7) is 7.97. The SMILES string of the molecule is CC(CC(=O)O)C(=O)c1ccc(C(C)(C)C)cc1. The summed E-state index contributed by atoms with van der Waals surface area (Å²) >= 11 is 0. The number of carbonyl (C=O) groups excluding carboxylic acids is 1. The van der Waals surface area contributed by atoms with Crippen LogP contribution in [0, 0.1) is 5.92 Å². The first-order valence-corrected chi connectivity index (χ1v) is 6.08. The van der Waals surface area contributed by atoms with E-state index in [1.54, 1.807) is 19.1 Å². The third-order valence-corrected chi connectivity index (χ3v) is 2.96. The summed E-state index contributed by atoms with van der Waals surface area (Å²) in [6.07, 6.45) is -0.125. The number of carboxylic acids is 1. The predicted molar refractivity (Wildman–Crippen MR) is 70.9 cm³/mol. The molecule has 0 aliphatic heterocycles. The van der Waals surface area contributed by atoms with Crippen molar-refractivity contribution >= 4 is 11.8 Å². The molecule has 1 aromatic rings. The lowest BCUT2D eigenvalue weighted by molar-refractivity contribution is -0.137. The maximum atomic E-state index is 12.0. The number of rotatable bonds is 4. The van der Waals surface area contributed by atoms with E-state index in [4.69, 9.17) is 5.11 Å². The van der Waals surface area contributed by atoms with E-state index in [0.29, 0.717) is 5.56 Å². The van der Waals surface area contributed by atoms with Gasteiger partial charge in [0.1, 0.15) is 0 Å². The van der Waals surface area contributed by atoms with Gasteiger partial charge in [-0.25, -0.2) is 0 Å². The van der Waals surface area contributed by atoms with Crippen LogP contribution in [0.15, 0.2) is 24.3 Å². The summed E-state index contributed by atoms with van der Waals surface area (Å²) in [5.74, 6) is -1.54. The van der Waals surface area contributed by atoms with Gasteiger partial charge in [-0.15, -0.1) is 0 Å². The van der Waals surface area contributed by atoms with Gasteiger partial charge < -0.3 is 5.11 Å². The van der Waals surface area contributed by atoms with Gasteiger partial charge in [0.2, 0.25) is 0 Å². The molecule has 0 amide bonds. The predicted octanol–water partition coefficient (Wildman–Crippen LogP) is 3.28. The molecule has 1 unspecified atom stereocenters. The maximum Gasteiger partial charge on any atom is 0.304 e. The van der Waals surface area contributed by atoms with Crippen LogP contribution in [0.2, 0.25) is 0 Å². The Morgan fingerprint density at radius 1 is 1.17 bits per heavy atom. The van der Waals surface area contributed by atoms with Crippen LogP contribution in [0.4, 0.5) is 0 Å². The minimum atomic E-state index is -0.942. The number of carboxylic acid groups (broad SMARTS) is 1. The van der Waals surface area contributed by atoms with Gasteiger partial charge >= 0.3 is 5.97 Å². The molecule has 3 nitrogen and oxygen atoms in total. The third kappa shape index (κ3) is 3.69. The lowest BCUT2D eigenvalue weighted by Gasteiger charge is -2.19. The Hall–Kier alpha value is -1.64. The Kier molecular flexibility index (Phi) is 4.28. The Morgan fingerprint density at radius 3 is 2.06 bits per heavy atom. The van der Waals surface area contributed by atoms with Gasteiger partial charge in [0, 0.05) is 11.5 Å². The van der Waals surface area contributed by atoms with Crippen molar-refractivity contribution in [2.75, 3.05) is 0 Å². The van der Waals surface area contributed by atoms with Crippen molar-refractivity contribution in [2.45, 2.75) is 39.5 Å². The van der Waals surface area contributed by atoms with E-state index in [9.17, 15) is 9.59 Å². The topological polar surface area (TPSA) is 54.4 Å². The number of benzene rings is 1. The summed E-state index contributed by atoms with van der Waals surface area (Å²) < 4.78 is 0. The average molecular weight is 248 g/mol. The molecule has 0 radical (unpaired) electrons. The number of hydrogen-bond donors (Lipinski definition) is 1. The average Bonchev–Trinajstić information content (AvgIpc) is 2.26. The zero-order valence-electron chi connectivity index (χ0n) is 11.4. The number of aliphatic carboxylic acids is 1. The molecule has 0 aliphatic carbocycles. The molecule has 0 aliphatic rings. The van der Waals surface area contributed by atoms with Gasteiger partial charge in [-0.1, -0.05) is 52.0 Å². The lowest BCUT2D eigenvalue weighted by Crippen LogP contribution is -2.16. The van der Waals surface area contributed by atoms with Gasteiger partial charge in [0.25, 0.3) is 0 Å². The number of ketones is 1. The summed E-state index contributed by atoms with van der Waals surface area (Å²) in [5.41, 5.74) is 1.79.